The molecule has 2 aromatic rings. The molecule has 2 aromatic carbocycles. The molecule has 5 nitrogen and oxygen atoms in total. The van der Waals surface area contributed by atoms with E-state index in [0.29, 0.717) is 11.3 Å². The first-order chi connectivity index (χ1) is 11.0. The van der Waals surface area contributed by atoms with Crippen LogP contribution in [-0.2, 0) is 16.1 Å². The van der Waals surface area contributed by atoms with E-state index in [0.717, 1.165) is 5.56 Å². The smallest absolute Gasteiger partial charge is 0.313 e. The number of hydrogen-bond acceptors (Lipinski definition) is 3. The number of hydrogen-bond donors (Lipinski definition) is 2. The second kappa shape index (κ2) is 7.40. The van der Waals surface area contributed by atoms with Crippen LogP contribution in [0.5, 0.6) is 5.75 Å². The summed E-state index contributed by atoms with van der Waals surface area (Å²) < 4.78 is 18.5. The zero-order valence-electron chi connectivity index (χ0n) is 12.9. The van der Waals surface area contributed by atoms with Crippen molar-refractivity contribution >= 4 is 17.5 Å². The molecule has 2 amide bonds. The first-order valence-electron chi connectivity index (χ1n) is 6.98. The minimum atomic E-state index is -0.851. The van der Waals surface area contributed by atoms with Crippen LogP contribution in [0.1, 0.15) is 11.1 Å². The van der Waals surface area contributed by atoms with E-state index in [4.69, 9.17) is 4.74 Å². The fraction of sp³-hybridized carbons (Fsp3) is 0.176. The van der Waals surface area contributed by atoms with Crippen LogP contribution in [0.25, 0.3) is 0 Å². The quantitative estimate of drug-likeness (QED) is 0.851. The van der Waals surface area contributed by atoms with E-state index in [1.54, 1.807) is 38.3 Å². The molecule has 0 aliphatic rings. The number of carbonyl (C=O) groups is 2. The van der Waals surface area contributed by atoms with Crippen molar-refractivity contribution in [2.75, 3.05) is 12.4 Å². The van der Waals surface area contributed by atoms with Crippen molar-refractivity contribution in [3.8, 4) is 5.75 Å². The number of benzene rings is 2. The Kier molecular flexibility index (Phi) is 5.30. The molecule has 23 heavy (non-hydrogen) atoms. The maximum Gasteiger partial charge on any atom is 0.313 e. The van der Waals surface area contributed by atoms with Crippen molar-refractivity contribution in [1.29, 1.82) is 0 Å². The predicted octanol–water partition coefficient (Wildman–Crippen LogP) is 2.40. The van der Waals surface area contributed by atoms with E-state index in [-0.39, 0.29) is 12.2 Å². The zero-order chi connectivity index (χ0) is 16.8. The summed E-state index contributed by atoms with van der Waals surface area (Å²) in [4.78, 5) is 23.6. The Morgan fingerprint density at radius 3 is 2.61 bits per heavy atom. The summed E-state index contributed by atoms with van der Waals surface area (Å²) in [6.45, 7) is 1.80. The minimum Gasteiger partial charge on any atom is -0.497 e. The van der Waals surface area contributed by atoms with E-state index in [9.17, 15) is 14.0 Å². The van der Waals surface area contributed by atoms with Gasteiger partial charge in [0.25, 0.3) is 0 Å². The molecule has 6 heteroatoms. The molecule has 0 saturated carbocycles. The molecule has 0 aliphatic heterocycles. The number of carbonyl (C=O) groups excluding carboxylic acids is 2. The fourth-order valence-electron chi connectivity index (χ4n) is 1.90. The highest BCUT2D eigenvalue weighted by molar-refractivity contribution is 6.39. The number of ether oxygens (including phenoxy) is 1. The van der Waals surface area contributed by atoms with E-state index in [1.807, 2.05) is 0 Å². The van der Waals surface area contributed by atoms with Gasteiger partial charge in [0.2, 0.25) is 0 Å². The summed E-state index contributed by atoms with van der Waals surface area (Å²) in [5.41, 5.74) is 1.49. The fourth-order valence-corrected chi connectivity index (χ4v) is 1.90. The van der Waals surface area contributed by atoms with Gasteiger partial charge in [-0.3, -0.25) is 9.59 Å². The molecular weight excluding hydrogens is 299 g/mol. The number of amides is 2. The van der Waals surface area contributed by atoms with Gasteiger partial charge in [-0.1, -0.05) is 18.2 Å². The SMILES string of the molecule is COc1cccc(CNC(=O)C(=O)Nc2ccc(C)c(F)c2)c1. The molecule has 2 N–H and O–H groups in total. The van der Waals surface area contributed by atoms with Gasteiger partial charge in [0, 0.05) is 12.2 Å². The van der Waals surface area contributed by atoms with Gasteiger partial charge in [0.1, 0.15) is 11.6 Å². The number of anilines is 1. The molecule has 0 bridgehead atoms. The summed E-state index contributed by atoms with van der Waals surface area (Å²) in [6, 6.07) is 11.4. The van der Waals surface area contributed by atoms with Crippen LogP contribution in [-0.4, -0.2) is 18.9 Å². The maximum atomic E-state index is 13.4. The van der Waals surface area contributed by atoms with Gasteiger partial charge >= 0.3 is 11.8 Å². The molecule has 120 valence electrons. The molecule has 0 fully saturated rings. The summed E-state index contributed by atoms with van der Waals surface area (Å²) in [7, 11) is 1.55. The third kappa shape index (κ3) is 4.54. The summed E-state index contributed by atoms with van der Waals surface area (Å²) >= 11 is 0. The van der Waals surface area contributed by atoms with Gasteiger partial charge < -0.3 is 15.4 Å². The van der Waals surface area contributed by atoms with Crippen LogP contribution in [0.4, 0.5) is 10.1 Å². The molecule has 0 spiro atoms. The van der Waals surface area contributed by atoms with Crippen LogP contribution in [0.15, 0.2) is 42.5 Å². The lowest BCUT2D eigenvalue weighted by atomic mass is 10.2. The van der Waals surface area contributed by atoms with Crippen LogP contribution in [0, 0.1) is 12.7 Å². The second-order valence-corrected chi connectivity index (χ2v) is 4.95. The van der Waals surface area contributed by atoms with Gasteiger partial charge in [-0.15, -0.1) is 0 Å². The lowest BCUT2D eigenvalue weighted by Crippen LogP contribution is -2.35. The standard InChI is InChI=1S/C17H17FN2O3/c1-11-6-7-13(9-15(11)18)20-17(22)16(21)19-10-12-4-3-5-14(8-12)23-2/h3-9H,10H2,1-2H3,(H,19,21)(H,20,22). The Balaban J connectivity index is 1.91. The van der Waals surface area contributed by atoms with Crippen molar-refractivity contribution in [2.45, 2.75) is 13.5 Å². The number of methoxy groups -OCH3 is 1. The Hall–Kier alpha value is -2.89. The van der Waals surface area contributed by atoms with Crippen molar-refractivity contribution in [1.82, 2.24) is 5.32 Å². The Morgan fingerprint density at radius 1 is 1.13 bits per heavy atom. The van der Waals surface area contributed by atoms with Crippen molar-refractivity contribution in [2.24, 2.45) is 0 Å². The number of rotatable bonds is 4. The Labute approximate surface area is 133 Å². The largest absolute Gasteiger partial charge is 0.497 e. The third-order valence-corrected chi connectivity index (χ3v) is 3.22. The first-order valence-corrected chi connectivity index (χ1v) is 6.98. The summed E-state index contributed by atoms with van der Waals surface area (Å²) in [5, 5.41) is 4.85. The number of nitrogens with one attached hydrogen (secondary N) is 2. The van der Waals surface area contributed by atoms with Gasteiger partial charge in [-0.2, -0.15) is 0 Å². The number of aryl methyl sites for hydroxylation is 1. The molecule has 2 rings (SSSR count). The molecule has 0 atom stereocenters. The highest BCUT2D eigenvalue weighted by Gasteiger charge is 2.14. The third-order valence-electron chi connectivity index (χ3n) is 3.22. The molecular formula is C17H17FN2O3. The average Bonchev–Trinajstić information content (AvgIpc) is 2.56. The Morgan fingerprint density at radius 2 is 1.91 bits per heavy atom. The lowest BCUT2D eigenvalue weighted by Gasteiger charge is -2.08. The van der Waals surface area contributed by atoms with Gasteiger partial charge in [0.05, 0.1) is 7.11 Å². The second-order valence-electron chi connectivity index (χ2n) is 4.95. The highest BCUT2D eigenvalue weighted by atomic mass is 19.1. The van der Waals surface area contributed by atoms with Gasteiger partial charge in [0.15, 0.2) is 0 Å². The highest BCUT2D eigenvalue weighted by Crippen LogP contribution is 2.14. The zero-order valence-corrected chi connectivity index (χ0v) is 12.9. The Bertz CT molecular complexity index is 732. The summed E-state index contributed by atoms with van der Waals surface area (Å²) in [5.74, 6) is -1.43. The molecule has 0 aromatic heterocycles. The van der Waals surface area contributed by atoms with Crippen molar-refractivity contribution in [3.63, 3.8) is 0 Å². The predicted molar refractivity (Wildman–Crippen MR) is 84.6 cm³/mol. The van der Waals surface area contributed by atoms with Crippen LogP contribution in [0.2, 0.25) is 0 Å². The van der Waals surface area contributed by atoms with Crippen LogP contribution in [0.3, 0.4) is 0 Å². The van der Waals surface area contributed by atoms with E-state index >= 15 is 0 Å². The maximum absolute atomic E-state index is 13.4. The molecule has 0 aliphatic carbocycles. The van der Waals surface area contributed by atoms with Gasteiger partial charge in [-0.25, -0.2) is 4.39 Å². The van der Waals surface area contributed by atoms with Crippen LogP contribution < -0.4 is 15.4 Å². The topological polar surface area (TPSA) is 67.4 Å². The van der Waals surface area contributed by atoms with Crippen molar-refractivity contribution in [3.05, 3.63) is 59.4 Å². The van der Waals surface area contributed by atoms with E-state index in [2.05, 4.69) is 10.6 Å². The minimum absolute atomic E-state index is 0.186. The number of halogens is 1. The molecule has 0 unspecified atom stereocenters. The lowest BCUT2D eigenvalue weighted by molar-refractivity contribution is -0.136. The van der Waals surface area contributed by atoms with Gasteiger partial charge in [-0.05, 0) is 42.3 Å². The molecule has 0 heterocycles. The van der Waals surface area contributed by atoms with Crippen molar-refractivity contribution < 1.29 is 18.7 Å². The average molecular weight is 316 g/mol. The monoisotopic (exact) mass is 316 g/mol. The first kappa shape index (κ1) is 16.5. The normalized spacial score (nSPS) is 10.0. The van der Waals surface area contributed by atoms with E-state index < -0.39 is 17.6 Å². The molecule has 0 radical (unpaired) electrons. The van der Waals surface area contributed by atoms with E-state index in [1.165, 1.54) is 18.2 Å². The summed E-state index contributed by atoms with van der Waals surface area (Å²) in [6.07, 6.45) is 0. The molecule has 0 saturated heterocycles. The van der Waals surface area contributed by atoms with Crippen LogP contribution >= 0.6 is 0 Å².